The Kier molecular flexibility index (Phi) is 7.99. The molecule has 1 aliphatic rings. The predicted octanol–water partition coefficient (Wildman–Crippen LogP) is 7.72. The van der Waals surface area contributed by atoms with Crippen LogP contribution in [0.4, 0.5) is 5.00 Å². The van der Waals surface area contributed by atoms with Gasteiger partial charge >= 0.3 is 0 Å². The molecule has 1 amide bonds. The van der Waals surface area contributed by atoms with Gasteiger partial charge in [-0.1, -0.05) is 69.3 Å². The lowest BCUT2D eigenvalue weighted by Crippen LogP contribution is -2.28. The summed E-state index contributed by atoms with van der Waals surface area (Å²) in [6.07, 6.45) is 4.11. The van der Waals surface area contributed by atoms with E-state index in [1.807, 2.05) is 29.8 Å². The van der Waals surface area contributed by atoms with Crippen molar-refractivity contribution in [2.75, 3.05) is 11.1 Å². The Morgan fingerprint density at radius 1 is 1.28 bits per heavy atom. The molecule has 3 aromatic heterocycles. The smallest absolute Gasteiger partial charge is 0.235 e. The maximum Gasteiger partial charge on any atom is 0.235 e. The number of thioether (sulfide) groups is 1. The zero-order chi connectivity index (χ0) is 27.7. The number of carbonyl (C=O) groups excluding carboxylic acids is 1. The van der Waals surface area contributed by atoms with Gasteiger partial charge in [0.1, 0.15) is 11.1 Å². The number of nitrogens with zero attached hydrogens (tertiary/aromatic N) is 4. The summed E-state index contributed by atoms with van der Waals surface area (Å²) in [5.41, 5.74) is 5.41. The molecule has 1 aliphatic carbocycles. The minimum atomic E-state index is -0.138. The van der Waals surface area contributed by atoms with Crippen molar-refractivity contribution in [1.82, 2.24) is 14.8 Å². The van der Waals surface area contributed by atoms with Crippen LogP contribution in [0.1, 0.15) is 54.5 Å². The summed E-state index contributed by atoms with van der Waals surface area (Å²) in [5, 5.41) is 25.3. The summed E-state index contributed by atoms with van der Waals surface area (Å²) >= 11 is 4.63. The zero-order valence-electron chi connectivity index (χ0n) is 23.0. The van der Waals surface area contributed by atoms with E-state index in [-0.39, 0.29) is 17.1 Å². The van der Waals surface area contributed by atoms with Crippen molar-refractivity contribution in [3.05, 3.63) is 56.6 Å². The first-order valence-corrected chi connectivity index (χ1v) is 15.9. The van der Waals surface area contributed by atoms with Crippen LogP contribution in [0.15, 0.2) is 40.9 Å². The lowest BCUT2D eigenvalue weighted by Gasteiger charge is -2.36. The molecule has 0 radical (unpaired) electrons. The van der Waals surface area contributed by atoms with Crippen LogP contribution in [0.2, 0.25) is 0 Å². The fraction of sp³-hybridized carbons (Fsp3) is 0.400. The highest BCUT2D eigenvalue weighted by Gasteiger charge is 2.34. The second-order valence-corrected chi connectivity index (χ2v) is 13.9. The average molecular weight is 576 g/mol. The Morgan fingerprint density at radius 2 is 2.05 bits per heavy atom. The van der Waals surface area contributed by atoms with Crippen LogP contribution in [0, 0.1) is 29.6 Å². The Labute approximate surface area is 242 Å². The molecule has 3 heterocycles. The molecule has 0 aliphatic heterocycles. The van der Waals surface area contributed by atoms with Crippen LogP contribution in [0.25, 0.3) is 22.5 Å². The van der Waals surface area contributed by atoms with E-state index < -0.39 is 0 Å². The highest BCUT2D eigenvalue weighted by Crippen LogP contribution is 2.45. The molecular weight excluding hydrogens is 543 g/mol. The van der Waals surface area contributed by atoms with Gasteiger partial charge in [0.15, 0.2) is 11.0 Å². The topological polar surface area (TPSA) is 83.6 Å². The third kappa shape index (κ3) is 5.43. The van der Waals surface area contributed by atoms with E-state index in [0.29, 0.717) is 21.6 Å². The van der Waals surface area contributed by atoms with E-state index in [2.05, 4.69) is 66.8 Å². The van der Waals surface area contributed by atoms with Gasteiger partial charge in [-0.15, -0.1) is 32.9 Å². The van der Waals surface area contributed by atoms with Gasteiger partial charge in [-0.25, -0.2) is 0 Å². The van der Waals surface area contributed by atoms with E-state index >= 15 is 0 Å². The van der Waals surface area contributed by atoms with Gasteiger partial charge in [-0.2, -0.15) is 5.26 Å². The van der Waals surface area contributed by atoms with Gasteiger partial charge in [0.2, 0.25) is 5.91 Å². The molecule has 5 rings (SSSR count). The third-order valence-electron chi connectivity index (χ3n) is 8.09. The maximum absolute atomic E-state index is 13.0. The van der Waals surface area contributed by atoms with Gasteiger partial charge in [0.25, 0.3) is 0 Å². The number of thiophene rings is 2. The largest absolute Gasteiger partial charge is 0.316 e. The number of anilines is 1. The van der Waals surface area contributed by atoms with Crippen LogP contribution >= 0.6 is 34.4 Å². The number of rotatable bonds is 8. The van der Waals surface area contributed by atoms with Gasteiger partial charge in [0.05, 0.1) is 11.3 Å². The molecule has 9 heteroatoms. The van der Waals surface area contributed by atoms with E-state index in [9.17, 15) is 10.1 Å². The number of aryl methyl sites for hydroxylation is 1. The van der Waals surface area contributed by atoms with Crippen LogP contribution in [0.3, 0.4) is 0 Å². The molecule has 6 nitrogen and oxygen atoms in total. The summed E-state index contributed by atoms with van der Waals surface area (Å²) in [6, 6.07) is 12.7. The summed E-state index contributed by atoms with van der Waals surface area (Å²) in [5.74, 6) is 1.43. The van der Waals surface area contributed by atoms with Crippen molar-refractivity contribution < 1.29 is 4.79 Å². The van der Waals surface area contributed by atoms with Crippen LogP contribution in [-0.2, 0) is 24.7 Å². The molecule has 1 aromatic carbocycles. The Bertz CT molecular complexity index is 1540. The van der Waals surface area contributed by atoms with Crippen molar-refractivity contribution in [3.8, 4) is 28.6 Å². The number of amides is 1. The van der Waals surface area contributed by atoms with E-state index in [0.717, 1.165) is 48.2 Å². The Balaban J connectivity index is 1.29. The molecule has 1 N–H and O–H groups in total. The number of hydrogen-bond donors (Lipinski definition) is 1. The molecular formula is C30H33N5OS3. The molecule has 0 bridgehead atoms. The molecule has 1 atom stereocenters. The van der Waals surface area contributed by atoms with Gasteiger partial charge in [-0.3, -0.25) is 4.79 Å². The standard InChI is InChI=1S/C30H33N5OS3/c1-6-30(3,4)20-12-13-21-22(15-31)28(39-24(21)14-20)32-25(36)17-38-29-34-33-27(35(29)5)23-16-37-18(2)26(23)19-10-8-7-9-11-19/h7-11,16,20H,6,12-14,17H2,1-5H3,(H,32,36). The Morgan fingerprint density at radius 3 is 2.77 bits per heavy atom. The fourth-order valence-electron chi connectivity index (χ4n) is 5.30. The highest BCUT2D eigenvalue weighted by atomic mass is 32.2. The summed E-state index contributed by atoms with van der Waals surface area (Å²) in [7, 11) is 1.94. The number of nitrogens with one attached hydrogen (secondary N) is 1. The SMILES string of the molecule is CCC(C)(C)C1CCc2c(sc(NC(=O)CSc3nnc(-c4csc(C)c4-c4ccccc4)n3C)c2C#N)C1. The van der Waals surface area contributed by atoms with Gasteiger partial charge in [0, 0.05) is 33.3 Å². The first-order chi connectivity index (χ1) is 18.7. The summed E-state index contributed by atoms with van der Waals surface area (Å²) in [6.45, 7) is 9.04. The van der Waals surface area contributed by atoms with E-state index in [1.165, 1.54) is 27.1 Å². The number of aromatic nitrogens is 3. The van der Waals surface area contributed by atoms with Crippen molar-refractivity contribution in [2.24, 2.45) is 18.4 Å². The number of fused-ring (bicyclic) bond motifs is 1. The fourth-order valence-corrected chi connectivity index (χ4v) is 8.17. The normalized spacial score (nSPS) is 15.1. The predicted molar refractivity (Wildman–Crippen MR) is 162 cm³/mol. The van der Waals surface area contributed by atoms with Crippen molar-refractivity contribution in [3.63, 3.8) is 0 Å². The van der Waals surface area contributed by atoms with Crippen LogP contribution < -0.4 is 5.32 Å². The molecule has 4 aromatic rings. The molecule has 0 fully saturated rings. The zero-order valence-corrected chi connectivity index (χ0v) is 25.4. The minimum Gasteiger partial charge on any atom is -0.316 e. The lowest BCUT2D eigenvalue weighted by molar-refractivity contribution is -0.113. The summed E-state index contributed by atoms with van der Waals surface area (Å²) in [4.78, 5) is 15.5. The van der Waals surface area contributed by atoms with E-state index in [1.54, 1.807) is 22.7 Å². The first-order valence-electron chi connectivity index (χ1n) is 13.2. The molecule has 0 saturated heterocycles. The highest BCUT2D eigenvalue weighted by molar-refractivity contribution is 7.99. The van der Waals surface area contributed by atoms with Crippen LogP contribution in [-0.4, -0.2) is 26.4 Å². The quantitative estimate of drug-likeness (QED) is 0.217. The number of hydrogen-bond acceptors (Lipinski definition) is 7. The third-order valence-corrected chi connectivity index (χ3v) is 11.2. The van der Waals surface area contributed by atoms with Gasteiger partial charge in [-0.05, 0) is 48.6 Å². The number of benzene rings is 1. The van der Waals surface area contributed by atoms with Crippen LogP contribution in [0.5, 0.6) is 0 Å². The second kappa shape index (κ2) is 11.3. The van der Waals surface area contributed by atoms with Crippen molar-refractivity contribution in [1.29, 1.82) is 5.26 Å². The maximum atomic E-state index is 13.0. The average Bonchev–Trinajstić information content (AvgIpc) is 3.61. The van der Waals surface area contributed by atoms with Crippen molar-refractivity contribution in [2.45, 2.75) is 58.5 Å². The molecule has 1 unspecified atom stereocenters. The van der Waals surface area contributed by atoms with E-state index in [4.69, 9.17) is 0 Å². The Hall–Kier alpha value is -2.93. The molecule has 39 heavy (non-hydrogen) atoms. The minimum absolute atomic E-state index is 0.138. The monoisotopic (exact) mass is 575 g/mol. The first kappa shape index (κ1) is 27.6. The summed E-state index contributed by atoms with van der Waals surface area (Å²) < 4.78 is 1.95. The molecule has 0 spiro atoms. The number of carbonyl (C=O) groups is 1. The number of nitriles is 1. The van der Waals surface area contributed by atoms with Gasteiger partial charge < -0.3 is 9.88 Å². The lowest BCUT2D eigenvalue weighted by atomic mass is 9.69. The molecule has 202 valence electrons. The second-order valence-electron chi connectivity index (χ2n) is 10.8. The molecule has 0 saturated carbocycles. The van der Waals surface area contributed by atoms with Crippen molar-refractivity contribution >= 4 is 45.3 Å².